The summed E-state index contributed by atoms with van der Waals surface area (Å²) in [6.07, 6.45) is 0. The molecule has 0 unspecified atom stereocenters. The molecular weight excluding hydrogens is 232 g/mol. The third-order valence-electron chi connectivity index (χ3n) is 3.07. The Morgan fingerprint density at radius 1 is 0.737 bits per heavy atom. The molecule has 0 saturated heterocycles. The first-order valence-corrected chi connectivity index (χ1v) is 7.15. The monoisotopic (exact) mass is 262 g/mol. The molecule has 0 aliphatic carbocycles. The predicted molar refractivity (Wildman–Crippen MR) is 84.2 cm³/mol. The van der Waals surface area contributed by atoms with Crippen LogP contribution in [0.2, 0.25) is 0 Å². The Labute approximate surface area is 119 Å². The van der Waals surface area contributed by atoms with Gasteiger partial charge in [0.15, 0.2) is 0 Å². The van der Waals surface area contributed by atoms with E-state index < -0.39 is 0 Å². The first-order valence-electron chi connectivity index (χ1n) is 7.15. The fraction of sp³-hybridized carbons (Fsp3) is 0.667. The van der Waals surface area contributed by atoms with E-state index in [-0.39, 0.29) is 16.4 Å². The van der Waals surface area contributed by atoms with Crippen molar-refractivity contribution in [2.24, 2.45) is 0 Å². The van der Waals surface area contributed by atoms with Crippen molar-refractivity contribution in [2.75, 3.05) is 0 Å². The minimum absolute atomic E-state index is 0.0852. The molecule has 1 rings (SSSR count). The third kappa shape index (κ3) is 4.56. The first-order chi connectivity index (χ1) is 8.31. The van der Waals surface area contributed by atoms with E-state index >= 15 is 0 Å². The van der Waals surface area contributed by atoms with E-state index in [0.29, 0.717) is 0 Å². The highest BCUT2D eigenvalue weighted by molar-refractivity contribution is 5.43. The Kier molecular flexibility index (Phi) is 4.10. The SMILES string of the molecule is CC(C)(C)Oc1ccc(C(C)(C)C)cc1C(C)(C)C. The zero-order valence-corrected chi connectivity index (χ0v) is 14.1. The van der Waals surface area contributed by atoms with Crippen LogP contribution in [0.1, 0.15) is 73.4 Å². The Morgan fingerprint density at radius 2 is 1.26 bits per heavy atom. The molecule has 0 amide bonds. The van der Waals surface area contributed by atoms with Crippen LogP contribution < -0.4 is 4.74 Å². The van der Waals surface area contributed by atoms with E-state index in [4.69, 9.17) is 4.74 Å². The van der Waals surface area contributed by atoms with Crippen molar-refractivity contribution in [2.45, 2.75) is 78.7 Å². The highest BCUT2D eigenvalue weighted by Crippen LogP contribution is 2.36. The summed E-state index contributed by atoms with van der Waals surface area (Å²) in [4.78, 5) is 0. The average molecular weight is 262 g/mol. The molecule has 1 aromatic rings. The Morgan fingerprint density at radius 3 is 1.63 bits per heavy atom. The van der Waals surface area contributed by atoms with Gasteiger partial charge in [0.25, 0.3) is 0 Å². The molecule has 0 bridgehead atoms. The lowest BCUT2D eigenvalue weighted by atomic mass is 9.80. The minimum Gasteiger partial charge on any atom is -0.488 e. The van der Waals surface area contributed by atoms with E-state index in [0.717, 1.165) is 5.75 Å². The Balaban J connectivity index is 3.34. The molecule has 0 saturated carbocycles. The van der Waals surface area contributed by atoms with Gasteiger partial charge in [0.1, 0.15) is 11.4 Å². The van der Waals surface area contributed by atoms with Crippen LogP contribution in [0.3, 0.4) is 0 Å². The van der Waals surface area contributed by atoms with E-state index in [2.05, 4.69) is 80.5 Å². The van der Waals surface area contributed by atoms with Crippen LogP contribution in [-0.2, 0) is 10.8 Å². The van der Waals surface area contributed by atoms with Crippen LogP contribution in [0.15, 0.2) is 18.2 Å². The second-order valence-electron chi connectivity index (χ2n) is 8.43. The fourth-order valence-electron chi connectivity index (χ4n) is 2.00. The van der Waals surface area contributed by atoms with Crippen molar-refractivity contribution in [3.05, 3.63) is 29.3 Å². The van der Waals surface area contributed by atoms with E-state index in [1.165, 1.54) is 11.1 Å². The minimum atomic E-state index is -0.163. The Bertz CT molecular complexity index is 436. The number of rotatable bonds is 1. The highest BCUT2D eigenvalue weighted by Gasteiger charge is 2.25. The van der Waals surface area contributed by atoms with Gasteiger partial charge >= 0.3 is 0 Å². The summed E-state index contributed by atoms with van der Waals surface area (Å²) in [6.45, 7) is 19.8. The van der Waals surface area contributed by atoms with Crippen LogP contribution in [0, 0.1) is 0 Å². The van der Waals surface area contributed by atoms with E-state index in [1.54, 1.807) is 0 Å². The first kappa shape index (κ1) is 16.1. The van der Waals surface area contributed by atoms with Gasteiger partial charge in [-0.25, -0.2) is 0 Å². The standard InChI is InChI=1S/C18H30O/c1-16(2,3)13-10-11-15(19-18(7,8)9)14(12-13)17(4,5)6/h10-12H,1-9H3. The average Bonchev–Trinajstić information content (AvgIpc) is 2.11. The van der Waals surface area contributed by atoms with Gasteiger partial charge in [-0.1, -0.05) is 53.7 Å². The van der Waals surface area contributed by atoms with Crippen LogP contribution in [0.5, 0.6) is 5.75 Å². The number of hydrogen-bond donors (Lipinski definition) is 0. The molecule has 0 heterocycles. The molecule has 0 radical (unpaired) electrons. The largest absolute Gasteiger partial charge is 0.488 e. The predicted octanol–water partition coefficient (Wildman–Crippen LogP) is 5.46. The zero-order valence-electron chi connectivity index (χ0n) is 14.1. The lowest BCUT2D eigenvalue weighted by Crippen LogP contribution is -2.26. The molecule has 1 nitrogen and oxygen atoms in total. The van der Waals surface area contributed by atoms with Crippen LogP contribution in [0.25, 0.3) is 0 Å². The van der Waals surface area contributed by atoms with Gasteiger partial charge in [-0.2, -0.15) is 0 Å². The summed E-state index contributed by atoms with van der Waals surface area (Å²) < 4.78 is 6.13. The smallest absolute Gasteiger partial charge is 0.123 e. The molecule has 1 aromatic carbocycles. The molecule has 19 heavy (non-hydrogen) atoms. The zero-order chi connectivity index (χ0) is 15.1. The molecule has 1 heteroatoms. The van der Waals surface area contributed by atoms with Gasteiger partial charge < -0.3 is 4.74 Å². The molecule has 0 spiro atoms. The highest BCUT2D eigenvalue weighted by atomic mass is 16.5. The van der Waals surface area contributed by atoms with Gasteiger partial charge in [0, 0.05) is 0 Å². The lowest BCUT2D eigenvalue weighted by Gasteiger charge is -2.30. The summed E-state index contributed by atoms with van der Waals surface area (Å²) in [5.41, 5.74) is 2.74. The van der Waals surface area contributed by atoms with Crippen LogP contribution >= 0.6 is 0 Å². The third-order valence-corrected chi connectivity index (χ3v) is 3.07. The van der Waals surface area contributed by atoms with Crippen molar-refractivity contribution < 1.29 is 4.74 Å². The topological polar surface area (TPSA) is 9.23 Å². The maximum atomic E-state index is 6.13. The van der Waals surface area contributed by atoms with Crippen molar-refractivity contribution in [1.29, 1.82) is 0 Å². The van der Waals surface area contributed by atoms with Gasteiger partial charge in [-0.3, -0.25) is 0 Å². The second-order valence-corrected chi connectivity index (χ2v) is 8.43. The molecule has 108 valence electrons. The molecule has 0 fully saturated rings. The van der Waals surface area contributed by atoms with Crippen molar-refractivity contribution >= 4 is 0 Å². The summed E-state index contributed by atoms with van der Waals surface area (Å²) in [7, 11) is 0. The van der Waals surface area contributed by atoms with Gasteiger partial charge in [-0.15, -0.1) is 0 Å². The summed E-state index contributed by atoms with van der Waals surface area (Å²) >= 11 is 0. The fourth-order valence-corrected chi connectivity index (χ4v) is 2.00. The lowest BCUT2D eigenvalue weighted by molar-refractivity contribution is 0.127. The molecule has 0 atom stereocenters. The second kappa shape index (κ2) is 4.85. The van der Waals surface area contributed by atoms with Crippen LogP contribution in [-0.4, -0.2) is 5.60 Å². The molecule has 0 aliphatic heterocycles. The normalized spacial score (nSPS) is 13.5. The van der Waals surface area contributed by atoms with Crippen molar-refractivity contribution in [1.82, 2.24) is 0 Å². The number of ether oxygens (including phenoxy) is 1. The van der Waals surface area contributed by atoms with Crippen molar-refractivity contribution in [3.63, 3.8) is 0 Å². The maximum absolute atomic E-state index is 6.13. The van der Waals surface area contributed by atoms with E-state index in [1.807, 2.05) is 0 Å². The Hall–Kier alpha value is -0.980. The number of hydrogen-bond acceptors (Lipinski definition) is 1. The summed E-state index contributed by atoms with van der Waals surface area (Å²) in [5.74, 6) is 1.01. The van der Waals surface area contributed by atoms with Crippen molar-refractivity contribution in [3.8, 4) is 5.75 Å². The molecule has 0 N–H and O–H groups in total. The van der Waals surface area contributed by atoms with Gasteiger partial charge in [-0.05, 0) is 48.8 Å². The quantitative estimate of drug-likeness (QED) is 0.653. The molecule has 0 aliphatic rings. The van der Waals surface area contributed by atoms with E-state index in [9.17, 15) is 0 Å². The maximum Gasteiger partial charge on any atom is 0.123 e. The summed E-state index contributed by atoms with van der Waals surface area (Å²) in [5, 5.41) is 0. The van der Waals surface area contributed by atoms with Crippen LogP contribution in [0.4, 0.5) is 0 Å². The van der Waals surface area contributed by atoms with Gasteiger partial charge in [0.05, 0.1) is 0 Å². The number of benzene rings is 1. The molecular formula is C18H30O. The summed E-state index contributed by atoms with van der Waals surface area (Å²) in [6, 6.07) is 6.63. The molecule has 0 aromatic heterocycles. The van der Waals surface area contributed by atoms with Gasteiger partial charge in [0.2, 0.25) is 0 Å².